The van der Waals surface area contributed by atoms with Crippen LogP contribution in [0.25, 0.3) is 0 Å². The second kappa shape index (κ2) is 5.00. The van der Waals surface area contributed by atoms with Crippen molar-refractivity contribution >= 4 is 11.8 Å². The first kappa shape index (κ1) is 12.1. The van der Waals surface area contributed by atoms with E-state index in [9.17, 15) is 9.59 Å². The summed E-state index contributed by atoms with van der Waals surface area (Å²) in [7, 11) is 0. The molecular weight excluding hydrogens is 168 g/mol. The molecule has 0 saturated carbocycles. The van der Waals surface area contributed by atoms with Gasteiger partial charge in [0.2, 0.25) is 0 Å². The summed E-state index contributed by atoms with van der Waals surface area (Å²) in [6.07, 6.45) is 2.29. The van der Waals surface area contributed by atoms with Crippen molar-refractivity contribution in [2.45, 2.75) is 46.5 Å². The van der Waals surface area contributed by atoms with Crippen LogP contribution in [0, 0.1) is 5.41 Å². The number of rotatable bonds is 6. The molecule has 0 amide bonds. The molecule has 0 atom stereocenters. The third kappa shape index (κ3) is 4.65. The predicted octanol–water partition coefficient (Wildman–Crippen LogP) is 2.25. The highest BCUT2D eigenvalue weighted by molar-refractivity contribution is 5.78. The smallest absolute Gasteiger partial charge is 0.309 e. The van der Waals surface area contributed by atoms with Gasteiger partial charge in [-0.3, -0.25) is 9.59 Å². The highest BCUT2D eigenvalue weighted by Crippen LogP contribution is 2.23. The molecule has 0 saturated heterocycles. The summed E-state index contributed by atoms with van der Waals surface area (Å²) >= 11 is 0. The summed E-state index contributed by atoms with van der Waals surface area (Å²) in [5.74, 6) is -0.586. The Morgan fingerprint density at radius 1 is 1.31 bits per heavy atom. The van der Waals surface area contributed by atoms with Gasteiger partial charge in [0.25, 0.3) is 0 Å². The van der Waals surface area contributed by atoms with Crippen molar-refractivity contribution in [3.8, 4) is 0 Å². The van der Waals surface area contributed by atoms with E-state index in [4.69, 9.17) is 5.11 Å². The SMILES string of the molecule is CCC(=O)CCCC(C)(C)C(=O)O. The lowest BCUT2D eigenvalue weighted by Gasteiger charge is -2.18. The van der Waals surface area contributed by atoms with Crippen LogP contribution in [0.15, 0.2) is 0 Å². The highest BCUT2D eigenvalue weighted by Gasteiger charge is 2.26. The molecular formula is C10H18O3. The van der Waals surface area contributed by atoms with Gasteiger partial charge in [0, 0.05) is 12.8 Å². The fourth-order valence-corrected chi connectivity index (χ4v) is 1.01. The third-order valence-electron chi connectivity index (χ3n) is 2.23. The summed E-state index contributed by atoms with van der Waals surface area (Å²) in [5, 5.41) is 8.78. The molecule has 0 rings (SSSR count). The second-order valence-electron chi connectivity index (χ2n) is 3.93. The van der Waals surface area contributed by atoms with Crippen LogP contribution in [0.3, 0.4) is 0 Å². The summed E-state index contributed by atoms with van der Waals surface area (Å²) in [6, 6.07) is 0. The van der Waals surface area contributed by atoms with Crippen LogP contribution in [0.1, 0.15) is 46.5 Å². The van der Waals surface area contributed by atoms with Gasteiger partial charge in [-0.05, 0) is 26.7 Å². The van der Waals surface area contributed by atoms with Crippen LogP contribution in [0.4, 0.5) is 0 Å². The Kier molecular flexibility index (Phi) is 4.67. The van der Waals surface area contributed by atoms with Gasteiger partial charge in [0.1, 0.15) is 5.78 Å². The zero-order valence-corrected chi connectivity index (χ0v) is 8.59. The Labute approximate surface area is 79.1 Å². The van der Waals surface area contributed by atoms with Crippen molar-refractivity contribution < 1.29 is 14.7 Å². The number of carboxylic acids is 1. The van der Waals surface area contributed by atoms with Crippen molar-refractivity contribution in [2.75, 3.05) is 0 Å². The van der Waals surface area contributed by atoms with Crippen molar-refractivity contribution in [1.29, 1.82) is 0 Å². The van der Waals surface area contributed by atoms with E-state index in [-0.39, 0.29) is 5.78 Å². The molecule has 1 N–H and O–H groups in total. The quantitative estimate of drug-likeness (QED) is 0.692. The van der Waals surface area contributed by atoms with Crippen molar-refractivity contribution in [3.63, 3.8) is 0 Å². The van der Waals surface area contributed by atoms with Gasteiger partial charge in [-0.2, -0.15) is 0 Å². The summed E-state index contributed by atoms with van der Waals surface area (Å²) in [5.41, 5.74) is -0.700. The van der Waals surface area contributed by atoms with E-state index in [1.165, 1.54) is 0 Å². The molecule has 0 aliphatic carbocycles. The number of aliphatic carboxylic acids is 1. The Bertz CT molecular complexity index is 194. The molecule has 0 unspecified atom stereocenters. The Hall–Kier alpha value is -0.860. The third-order valence-corrected chi connectivity index (χ3v) is 2.23. The average molecular weight is 186 g/mol. The molecule has 0 aromatic carbocycles. The van der Waals surface area contributed by atoms with Gasteiger partial charge in [0.05, 0.1) is 5.41 Å². The van der Waals surface area contributed by atoms with E-state index in [0.717, 1.165) is 0 Å². The van der Waals surface area contributed by atoms with Crippen molar-refractivity contribution in [1.82, 2.24) is 0 Å². The lowest BCUT2D eigenvalue weighted by atomic mass is 9.87. The molecule has 13 heavy (non-hydrogen) atoms. The summed E-state index contributed by atoms with van der Waals surface area (Å²) < 4.78 is 0. The Morgan fingerprint density at radius 2 is 1.85 bits per heavy atom. The topological polar surface area (TPSA) is 54.4 Å². The van der Waals surface area contributed by atoms with Gasteiger partial charge >= 0.3 is 5.97 Å². The van der Waals surface area contributed by atoms with Crippen LogP contribution < -0.4 is 0 Å². The number of carbonyl (C=O) groups excluding carboxylic acids is 1. The molecule has 0 heterocycles. The molecule has 0 aliphatic rings. The fraction of sp³-hybridized carbons (Fsp3) is 0.800. The molecule has 3 nitrogen and oxygen atoms in total. The van der Waals surface area contributed by atoms with Crippen molar-refractivity contribution in [2.24, 2.45) is 5.41 Å². The van der Waals surface area contributed by atoms with E-state index in [1.807, 2.05) is 6.92 Å². The first-order valence-electron chi connectivity index (χ1n) is 4.65. The van der Waals surface area contributed by atoms with Gasteiger partial charge in [-0.15, -0.1) is 0 Å². The van der Waals surface area contributed by atoms with Gasteiger partial charge < -0.3 is 5.11 Å². The second-order valence-corrected chi connectivity index (χ2v) is 3.93. The molecule has 0 spiro atoms. The maximum absolute atomic E-state index is 10.9. The Morgan fingerprint density at radius 3 is 2.23 bits per heavy atom. The number of Topliss-reactive ketones (excluding diaryl/α,β-unsaturated/α-hetero) is 1. The minimum atomic E-state index is -0.795. The first-order chi connectivity index (χ1) is 5.90. The van der Waals surface area contributed by atoms with E-state index >= 15 is 0 Å². The largest absolute Gasteiger partial charge is 0.481 e. The maximum atomic E-state index is 10.9. The fourth-order valence-electron chi connectivity index (χ4n) is 1.01. The number of ketones is 1. The highest BCUT2D eigenvalue weighted by atomic mass is 16.4. The van der Waals surface area contributed by atoms with E-state index in [0.29, 0.717) is 25.7 Å². The molecule has 0 aromatic rings. The van der Waals surface area contributed by atoms with Gasteiger partial charge in [-0.1, -0.05) is 6.92 Å². The van der Waals surface area contributed by atoms with Gasteiger partial charge in [-0.25, -0.2) is 0 Å². The molecule has 0 aliphatic heterocycles. The standard InChI is InChI=1S/C10H18O3/c1-4-8(11)6-5-7-10(2,3)9(12)13/h4-7H2,1-3H3,(H,12,13). The zero-order valence-electron chi connectivity index (χ0n) is 8.59. The lowest BCUT2D eigenvalue weighted by Crippen LogP contribution is -2.23. The first-order valence-corrected chi connectivity index (χ1v) is 4.65. The van der Waals surface area contributed by atoms with Crippen LogP contribution in [-0.4, -0.2) is 16.9 Å². The predicted molar refractivity (Wildman–Crippen MR) is 50.6 cm³/mol. The molecule has 76 valence electrons. The summed E-state index contributed by atoms with van der Waals surface area (Å²) in [6.45, 7) is 5.20. The molecule has 0 fully saturated rings. The minimum absolute atomic E-state index is 0.209. The summed E-state index contributed by atoms with van der Waals surface area (Å²) in [4.78, 5) is 21.6. The minimum Gasteiger partial charge on any atom is -0.481 e. The van der Waals surface area contributed by atoms with E-state index in [1.54, 1.807) is 13.8 Å². The molecule has 0 bridgehead atoms. The maximum Gasteiger partial charge on any atom is 0.309 e. The van der Waals surface area contributed by atoms with E-state index in [2.05, 4.69) is 0 Å². The van der Waals surface area contributed by atoms with Crippen molar-refractivity contribution in [3.05, 3.63) is 0 Å². The normalized spacial score (nSPS) is 11.3. The molecule has 3 heteroatoms. The zero-order chi connectivity index (χ0) is 10.5. The average Bonchev–Trinajstić information content (AvgIpc) is 2.03. The van der Waals surface area contributed by atoms with Gasteiger partial charge in [0.15, 0.2) is 0 Å². The van der Waals surface area contributed by atoms with E-state index < -0.39 is 11.4 Å². The van der Waals surface area contributed by atoms with Crippen LogP contribution in [0.2, 0.25) is 0 Å². The van der Waals surface area contributed by atoms with Crippen LogP contribution >= 0.6 is 0 Å². The number of hydrogen-bond acceptors (Lipinski definition) is 2. The number of carboxylic acid groups (broad SMARTS) is 1. The molecule has 0 radical (unpaired) electrons. The number of hydrogen-bond donors (Lipinski definition) is 1. The Balaban J connectivity index is 3.76. The lowest BCUT2D eigenvalue weighted by molar-refractivity contribution is -0.147. The van der Waals surface area contributed by atoms with Crippen LogP contribution in [-0.2, 0) is 9.59 Å². The monoisotopic (exact) mass is 186 g/mol. The molecule has 0 aromatic heterocycles. The number of carbonyl (C=O) groups is 2. The van der Waals surface area contributed by atoms with Crippen LogP contribution in [0.5, 0.6) is 0 Å².